The summed E-state index contributed by atoms with van der Waals surface area (Å²) in [6.45, 7) is 5.54. The zero-order valence-electron chi connectivity index (χ0n) is 13.1. The summed E-state index contributed by atoms with van der Waals surface area (Å²) in [6.07, 6.45) is 0. The van der Waals surface area contributed by atoms with Crippen LogP contribution in [0.5, 0.6) is 5.75 Å². The lowest BCUT2D eigenvalue weighted by molar-refractivity contribution is -0.119. The fourth-order valence-corrected chi connectivity index (χ4v) is 2.04. The first-order valence-corrected chi connectivity index (χ1v) is 6.94. The number of nitrogens with zero attached hydrogens (tertiary/aromatic N) is 2. The van der Waals surface area contributed by atoms with Gasteiger partial charge in [-0.05, 0) is 31.5 Å². The predicted molar refractivity (Wildman–Crippen MR) is 81.6 cm³/mol. The Bertz CT molecular complexity index is 702. The lowest BCUT2D eigenvalue weighted by atomic mass is 10.1. The maximum absolute atomic E-state index is 12.2. The number of ether oxygens (including phenoxy) is 1. The molecule has 0 aliphatic carbocycles. The molecule has 1 heterocycles. The molecule has 0 aliphatic heterocycles. The molecule has 2 aromatic rings. The molecule has 0 spiro atoms. The summed E-state index contributed by atoms with van der Waals surface area (Å²) in [5.74, 6) is -0.0221. The van der Waals surface area contributed by atoms with Crippen molar-refractivity contribution in [3.05, 3.63) is 46.8 Å². The molecule has 2 rings (SSSR count). The monoisotopic (exact) mass is 301 g/mol. The first-order valence-electron chi connectivity index (χ1n) is 6.94. The van der Waals surface area contributed by atoms with Crippen LogP contribution in [0.1, 0.15) is 34.2 Å². The third-order valence-electron chi connectivity index (χ3n) is 3.37. The number of rotatable bonds is 4. The number of amides is 1. The molecule has 1 aromatic carbocycles. The van der Waals surface area contributed by atoms with Crippen LogP contribution in [0.2, 0.25) is 0 Å². The zero-order valence-corrected chi connectivity index (χ0v) is 13.1. The van der Waals surface area contributed by atoms with E-state index >= 15 is 0 Å². The largest absolute Gasteiger partial charge is 0.419 e. The van der Waals surface area contributed by atoms with Crippen LogP contribution in [0.4, 0.5) is 0 Å². The molecule has 0 bridgehead atoms. The molecule has 1 N–H and O–H groups in total. The second kappa shape index (κ2) is 6.43. The minimum Gasteiger partial charge on any atom is -0.419 e. The molecular weight excluding hydrogens is 282 g/mol. The molecule has 1 aromatic heterocycles. The Hall–Kier alpha value is -2.63. The normalized spacial score (nSPS) is 10.4. The van der Waals surface area contributed by atoms with Gasteiger partial charge in [-0.2, -0.15) is 5.10 Å². The molecule has 22 heavy (non-hydrogen) atoms. The third-order valence-corrected chi connectivity index (χ3v) is 3.37. The van der Waals surface area contributed by atoms with E-state index in [9.17, 15) is 9.59 Å². The Kier molecular flexibility index (Phi) is 4.60. The molecule has 116 valence electrons. The average Bonchev–Trinajstić information content (AvgIpc) is 2.72. The number of carbonyl (C=O) groups excluding carboxylic acids is 2. The van der Waals surface area contributed by atoms with Gasteiger partial charge in [0.2, 0.25) is 5.91 Å². The number of hydrogen-bond donors (Lipinski definition) is 1. The van der Waals surface area contributed by atoms with E-state index < -0.39 is 5.97 Å². The summed E-state index contributed by atoms with van der Waals surface area (Å²) >= 11 is 0. The smallest absolute Gasteiger partial charge is 0.343 e. The van der Waals surface area contributed by atoms with E-state index in [2.05, 4.69) is 10.4 Å². The van der Waals surface area contributed by atoms with E-state index in [0.717, 1.165) is 11.3 Å². The Morgan fingerprint density at radius 3 is 2.36 bits per heavy atom. The first kappa shape index (κ1) is 15.8. The standard InChI is InChI=1S/C16H19N3O3/c1-10-15(11(2)19(4)18-10)22-16(21)14-7-5-13(6-8-14)9-17-12(3)20/h5-8H,9H2,1-4H3,(H,17,20). The van der Waals surface area contributed by atoms with Crippen molar-refractivity contribution < 1.29 is 14.3 Å². The van der Waals surface area contributed by atoms with Gasteiger partial charge in [0.1, 0.15) is 5.69 Å². The molecule has 0 aliphatic rings. The summed E-state index contributed by atoms with van der Waals surface area (Å²) < 4.78 is 7.10. The first-order chi connectivity index (χ1) is 10.4. The van der Waals surface area contributed by atoms with Gasteiger partial charge in [0.05, 0.1) is 11.3 Å². The quantitative estimate of drug-likeness (QED) is 0.875. The minimum atomic E-state index is -0.426. The summed E-state index contributed by atoms with van der Waals surface area (Å²) in [4.78, 5) is 23.0. The summed E-state index contributed by atoms with van der Waals surface area (Å²) in [7, 11) is 1.80. The molecule has 0 radical (unpaired) electrons. The van der Waals surface area contributed by atoms with Crippen LogP contribution in [0.15, 0.2) is 24.3 Å². The van der Waals surface area contributed by atoms with E-state index in [1.807, 2.05) is 6.92 Å². The van der Waals surface area contributed by atoms with E-state index in [-0.39, 0.29) is 5.91 Å². The molecule has 0 saturated carbocycles. The number of hydrogen-bond acceptors (Lipinski definition) is 4. The van der Waals surface area contributed by atoms with Crippen molar-refractivity contribution in [2.45, 2.75) is 27.3 Å². The molecule has 0 saturated heterocycles. The molecular formula is C16H19N3O3. The Labute approximate surface area is 129 Å². The van der Waals surface area contributed by atoms with Crippen molar-refractivity contribution >= 4 is 11.9 Å². The third kappa shape index (κ3) is 3.52. The number of nitrogens with one attached hydrogen (secondary N) is 1. The van der Waals surface area contributed by atoms with Gasteiger partial charge >= 0.3 is 5.97 Å². The Morgan fingerprint density at radius 1 is 1.23 bits per heavy atom. The molecule has 1 amide bonds. The minimum absolute atomic E-state index is 0.0917. The highest BCUT2D eigenvalue weighted by Crippen LogP contribution is 2.22. The van der Waals surface area contributed by atoms with Crippen LogP contribution in [-0.2, 0) is 18.4 Å². The van der Waals surface area contributed by atoms with Crippen LogP contribution in [0.25, 0.3) is 0 Å². The van der Waals surface area contributed by atoms with Crippen molar-refractivity contribution in [2.24, 2.45) is 7.05 Å². The summed E-state index contributed by atoms with van der Waals surface area (Å²) in [5, 5.41) is 6.91. The van der Waals surface area contributed by atoms with Crippen LogP contribution < -0.4 is 10.1 Å². The SMILES string of the molecule is CC(=O)NCc1ccc(C(=O)Oc2c(C)nn(C)c2C)cc1. The molecule has 0 atom stereocenters. The summed E-state index contributed by atoms with van der Waals surface area (Å²) in [5.41, 5.74) is 2.85. The lowest BCUT2D eigenvalue weighted by Gasteiger charge is -2.06. The molecule has 0 unspecified atom stereocenters. The van der Waals surface area contributed by atoms with E-state index in [0.29, 0.717) is 23.6 Å². The van der Waals surface area contributed by atoms with Crippen molar-refractivity contribution in [2.75, 3.05) is 0 Å². The van der Waals surface area contributed by atoms with Crippen LogP contribution in [-0.4, -0.2) is 21.7 Å². The Balaban J connectivity index is 2.08. The average molecular weight is 301 g/mol. The number of carbonyl (C=O) groups is 2. The number of esters is 1. The second-order valence-corrected chi connectivity index (χ2v) is 5.12. The van der Waals surface area contributed by atoms with E-state index in [1.54, 1.807) is 42.9 Å². The highest BCUT2D eigenvalue weighted by atomic mass is 16.5. The molecule has 6 heteroatoms. The maximum atomic E-state index is 12.2. The van der Waals surface area contributed by atoms with Crippen molar-refractivity contribution in [1.82, 2.24) is 15.1 Å². The van der Waals surface area contributed by atoms with Crippen molar-refractivity contribution in [3.63, 3.8) is 0 Å². The van der Waals surface area contributed by atoms with Crippen molar-refractivity contribution in [1.29, 1.82) is 0 Å². The second-order valence-electron chi connectivity index (χ2n) is 5.12. The van der Waals surface area contributed by atoms with Crippen LogP contribution in [0, 0.1) is 13.8 Å². The van der Waals surface area contributed by atoms with Gasteiger partial charge in [0.15, 0.2) is 5.75 Å². The van der Waals surface area contributed by atoms with Gasteiger partial charge < -0.3 is 10.1 Å². The van der Waals surface area contributed by atoms with Gasteiger partial charge in [0.25, 0.3) is 0 Å². The molecule has 0 fully saturated rings. The number of benzene rings is 1. The highest BCUT2D eigenvalue weighted by Gasteiger charge is 2.16. The van der Waals surface area contributed by atoms with Gasteiger partial charge in [-0.25, -0.2) is 4.79 Å². The number of aryl methyl sites for hydroxylation is 2. The predicted octanol–water partition coefficient (Wildman–Crippen LogP) is 1.89. The topological polar surface area (TPSA) is 73.2 Å². The molecule has 6 nitrogen and oxygen atoms in total. The maximum Gasteiger partial charge on any atom is 0.343 e. The van der Waals surface area contributed by atoms with E-state index in [4.69, 9.17) is 4.74 Å². The van der Waals surface area contributed by atoms with Gasteiger partial charge in [-0.1, -0.05) is 12.1 Å². The van der Waals surface area contributed by atoms with Crippen molar-refractivity contribution in [3.8, 4) is 5.75 Å². The lowest BCUT2D eigenvalue weighted by Crippen LogP contribution is -2.19. The highest BCUT2D eigenvalue weighted by molar-refractivity contribution is 5.91. The van der Waals surface area contributed by atoms with Crippen LogP contribution in [0.3, 0.4) is 0 Å². The zero-order chi connectivity index (χ0) is 16.3. The van der Waals surface area contributed by atoms with Gasteiger partial charge in [-0.3, -0.25) is 9.48 Å². The fraction of sp³-hybridized carbons (Fsp3) is 0.312. The summed E-state index contributed by atoms with van der Waals surface area (Å²) in [6, 6.07) is 6.94. The fourth-order valence-electron chi connectivity index (χ4n) is 2.04. The van der Waals surface area contributed by atoms with Crippen LogP contribution >= 0.6 is 0 Å². The van der Waals surface area contributed by atoms with Gasteiger partial charge in [-0.15, -0.1) is 0 Å². The van der Waals surface area contributed by atoms with E-state index in [1.165, 1.54) is 6.92 Å². The Morgan fingerprint density at radius 2 is 1.86 bits per heavy atom. The number of aromatic nitrogens is 2. The van der Waals surface area contributed by atoms with Gasteiger partial charge in [0, 0.05) is 20.5 Å².